The van der Waals surface area contributed by atoms with Crippen LogP contribution >= 0.6 is 0 Å². The maximum absolute atomic E-state index is 12.2. The lowest BCUT2D eigenvalue weighted by molar-refractivity contribution is -0.150. The SMILES string of the molecule is O=C(Oc1ccccc1)C1(O)C=Cc2ccccc2C1. The third-order valence-electron chi connectivity index (χ3n) is 3.36. The first kappa shape index (κ1) is 12.6. The number of aliphatic hydroxyl groups is 1. The van der Waals surface area contributed by atoms with Gasteiger partial charge in [0.1, 0.15) is 5.75 Å². The molecule has 0 aliphatic heterocycles. The normalized spacial score (nSPS) is 20.2. The molecular weight excluding hydrogens is 252 g/mol. The van der Waals surface area contributed by atoms with E-state index in [1.54, 1.807) is 30.3 Å². The number of hydrogen-bond donors (Lipinski definition) is 1. The molecule has 0 spiro atoms. The average molecular weight is 266 g/mol. The first-order valence-electron chi connectivity index (χ1n) is 6.44. The molecule has 20 heavy (non-hydrogen) atoms. The van der Waals surface area contributed by atoms with Crippen molar-refractivity contribution in [1.29, 1.82) is 0 Å². The number of benzene rings is 2. The Kier molecular flexibility index (Phi) is 3.12. The smallest absolute Gasteiger partial charge is 0.347 e. The fraction of sp³-hybridized carbons (Fsp3) is 0.118. The van der Waals surface area contributed by atoms with Gasteiger partial charge in [-0.1, -0.05) is 48.5 Å². The van der Waals surface area contributed by atoms with Crippen molar-refractivity contribution < 1.29 is 14.6 Å². The molecule has 3 nitrogen and oxygen atoms in total. The predicted octanol–water partition coefficient (Wildman–Crippen LogP) is 2.59. The quantitative estimate of drug-likeness (QED) is 0.671. The van der Waals surface area contributed by atoms with Gasteiger partial charge in [-0.3, -0.25) is 0 Å². The minimum absolute atomic E-state index is 0.228. The maximum atomic E-state index is 12.2. The minimum atomic E-state index is -1.61. The molecule has 1 aliphatic carbocycles. The predicted molar refractivity (Wildman–Crippen MR) is 76.2 cm³/mol. The highest BCUT2D eigenvalue weighted by Crippen LogP contribution is 2.27. The Bertz CT molecular complexity index is 661. The summed E-state index contributed by atoms with van der Waals surface area (Å²) in [5.41, 5.74) is 0.344. The van der Waals surface area contributed by atoms with Gasteiger partial charge < -0.3 is 9.84 Å². The number of carbonyl (C=O) groups excluding carboxylic acids is 1. The summed E-state index contributed by atoms with van der Waals surface area (Å²) in [6, 6.07) is 16.4. The number of carbonyl (C=O) groups is 1. The third kappa shape index (κ3) is 2.36. The Hall–Kier alpha value is -2.39. The van der Waals surface area contributed by atoms with Gasteiger partial charge in [0.25, 0.3) is 0 Å². The van der Waals surface area contributed by atoms with Crippen LogP contribution in [0.25, 0.3) is 6.08 Å². The fourth-order valence-electron chi connectivity index (χ4n) is 2.26. The minimum Gasteiger partial charge on any atom is -0.424 e. The lowest BCUT2D eigenvalue weighted by atomic mass is 9.86. The van der Waals surface area contributed by atoms with Crippen molar-refractivity contribution in [2.24, 2.45) is 0 Å². The van der Waals surface area contributed by atoms with Crippen LogP contribution in [0.1, 0.15) is 11.1 Å². The Morgan fingerprint density at radius 2 is 1.75 bits per heavy atom. The number of rotatable bonds is 2. The fourth-order valence-corrected chi connectivity index (χ4v) is 2.26. The van der Waals surface area contributed by atoms with Gasteiger partial charge in [0.2, 0.25) is 0 Å². The van der Waals surface area contributed by atoms with E-state index >= 15 is 0 Å². The van der Waals surface area contributed by atoms with E-state index in [4.69, 9.17) is 4.74 Å². The van der Waals surface area contributed by atoms with Gasteiger partial charge >= 0.3 is 5.97 Å². The maximum Gasteiger partial charge on any atom is 0.347 e. The van der Waals surface area contributed by atoms with Crippen molar-refractivity contribution >= 4 is 12.0 Å². The Labute approximate surface area is 117 Å². The van der Waals surface area contributed by atoms with Crippen LogP contribution in [0, 0.1) is 0 Å². The molecule has 1 N–H and O–H groups in total. The molecule has 3 rings (SSSR count). The molecule has 0 amide bonds. The van der Waals surface area contributed by atoms with Crippen molar-refractivity contribution in [3.63, 3.8) is 0 Å². The van der Waals surface area contributed by atoms with Crippen LogP contribution in [0.4, 0.5) is 0 Å². The molecule has 3 heteroatoms. The largest absolute Gasteiger partial charge is 0.424 e. The van der Waals surface area contributed by atoms with E-state index in [0.717, 1.165) is 11.1 Å². The molecule has 0 radical (unpaired) electrons. The number of hydrogen-bond acceptors (Lipinski definition) is 3. The molecule has 1 aliphatic rings. The summed E-state index contributed by atoms with van der Waals surface area (Å²) in [6.07, 6.45) is 3.48. The molecule has 2 aromatic rings. The molecule has 100 valence electrons. The summed E-state index contributed by atoms with van der Waals surface area (Å²) in [6.45, 7) is 0. The van der Waals surface area contributed by atoms with E-state index < -0.39 is 11.6 Å². The second-order valence-electron chi connectivity index (χ2n) is 4.84. The summed E-state index contributed by atoms with van der Waals surface area (Å²) in [5.74, 6) is -0.229. The van der Waals surface area contributed by atoms with Gasteiger partial charge in [-0.2, -0.15) is 0 Å². The van der Waals surface area contributed by atoms with Crippen LogP contribution < -0.4 is 4.74 Å². The van der Waals surface area contributed by atoms with E-state index in [0.29, 0.717) is 5.75 Å². The van der Waals surface area contributed by atoms with E-state index in [2.05, 4.69) is 0 Å². The van der Waals surface area contributed by atoms with E-state index in [9.17, 15) is 9.90 Å². The van der Waals surface area contributed by atoms with E-state index in [1.807, 2.05) is 30.3 Å². The number of fused-ring (bicyclic) bond motifs is 1. The highest BCUT2D eigenvalue weighted by Gasteiger charge is 2.38. The van der Waals surface area contributed by atoms with Crippen LogP contribution in [0.5, 0.6) is 5.75 Å². The summed E-state index contributed by atoms with van der Waals surface area (Å²) < 4.78 is 5.23. The van der Waals surface area contributed by atoms with Gasteiger partial charge in [-0.25, -0.2) is 4.79 Å². The van der Waals surface area contributed by atoms with Gasteiger partial charge in [-0.15, -0.1) is 0 Å². The standard InChI is InChI=1S/C17H14O3/c18-16(20-15-8-2-1-3-9-15)17(19)11-10-13-6-4-5-7-14(13)12-17/h1-11,19H,12H2. The van der Waals surface area contributed by atoms with Crippen molar-refractivity contribution in [2.45, 2.75) is 12.0 Å². The molecule has 0 aromatic heterocycles. The topological polar surface area (TPSA) is 46.5 Å². The monoisotopic (exact) mass is 266 g/mol. The number of ether oxygens (including phenoxy) is 1. The summed E-state index contributed by atoms with van der Waals surface area (Å²) in [7, 11) is 0. The first-order valence-corrected chi connectivity index (χ1v) is 6.44. The zero-order valence-electron chi connectivity index (χ0n) is 10.8. The Balaban J connectivity index is 1.82. The van der Waals surface area contributed by atoms with Gasteiger partial charge in [0, 0.05) is 6.42 Å². The molecule has 0 saturated heterocycles. The highest BCUT2D eigenvalue weighted by molar-refractivity contribution is 5.87. The molecule has 2 aromatic carbocycles. The third-order valence-corrected chi connectivity index (χ3v) is 3.36. The zero-order chi connectivity index (χ0) is 14.0. The Morgan fingerprint density at radius 1 is 1.05 bits per heavy atom. The summed E-state index contributed by atoms with van der Waals surface area (Å²) in [5, 5.41) is 10.5. The van der Waals surface area contributed by atoms with E-state index in [-0.39, 0.29) is 6.42 Å². The average Bonchev–Trinajstić information content (AvgIpc) is 2.48. The van der Waals surface area contributed by atoms with Crippen LogP contribution in [0.2, 0.25) is 0 Å². The molecule has 1 unspecified atom stereocenters. The van der Waals surface area contributed by atoms with Crippen molar-refractivity contribution in [2.75, 3.05) is 0 Å². The molecule has 0 saturated carbocycles. The van der Waals surface area contributed by atoms with Gasteiger partial charge in [0.15, 0.2) is 5.60 Å². The highest BCUT2D eigenvalue weighted by atomic mass is 16.6. The van der Waals surface area contributed by atoms with E-state index in [1.165, 1.54) is 6.08 Å². The first-order chi connectivity index (χ1) is 9.67. The molecule has 0 fully saturated rings. The van der Waals surface area contributed by atoms with Crippen molar-refractivity contribution in [3.05, 3.63) is 71.8 Å². The number of esters is 1. The van der Waals surface area contributed by atoms with Crippen molar-refractivity contribution in [1.82, 2.24) is 0 Å². The lowest BCUT2D eigenvalue weighted by Crippen LogP contribution is -2.43. The number of para-hydroxylation sites is 1. The second-order valence-corrected chi connectivity index (χ2v) is 4.84. The zero-order valence-corrected chi connectivity index (χ0v) is 10.8. The molecule has 0 bridgehead atoms. The molecule has 0 heterocycles. The second kappa shape index (κ2) is 4.94. The summed E-state index contributed by atoms with van der Waals surface area (Å²) >= 11 is 0. The van der Waals surface area contributed by atoms with Crippen LogP contribution in [-0.2, 0) is 11.2 Å². The Morgan fingerprint density at radius 3 is 2.55 bits per heavy atom. The molecular formula is C17H14O3. The van der Waals surface area contributed by atoms with Gasteiger partial charge in [-0.05, 0) is 29.3 Å². The van der Waals surface area contributed by atoms with Gasteiger partial charge in [0.05, 0.1) is 0 Å². The lowest BCUT2D eigenvalue weighted by Gasteiger charge is -2.26. The van der Waals surface area contributed by atoms with Crippen LogP contribution in [0.15, 0.2) is 60.7 Å². The molecule has 1 atom stereocenters. The van der Waals surface area contributed by atoms with Crippen LogP contribution in [-0.4, -0.2) is 16.7 Å². The van der Waals surface area contributed by atoms with Crippen LogP contribution in [0.3, 0.4) is 0 Å². The summed E-state index contributed by atoms with van der Waals surface area (Å²) in [4.78, 5) is 12.2. The van der Waals surface area contributed by atoms with Crippen molar-refractivity contribution in [3.8, 4) is 5.75 Å².